The summed E-state index contributed by atoms with van der Waals surface area (Å²) >= 11 is 0. The Morgan fingerprint density at radius 3 is 2.31 bits per heavy atom. The molecule has 0 aliphatic carbocycles. The van der Waals surface area contributed by atoms with Crippen LogP contribution in [0.1, 0.15) is 26.3 Å². The number of hydrogen-bond acceptors (Lipinski definition) is 3. The van der Waals surface area contributed by atoms with Crippen molar-refractivity contribution in [3.63, 3.8) is 0 Å². The van der Waals surface area contributed by atoms with Crippen LogP contribution in [0.15, 0.2) is 24.3 Å². The molecule has 0 saturated carbocycles. The summed E-state index contributed by atoms with van der Waals surface area (Å²) in [4.78, 5) is 11.3. The molecule has 0 unspecified atom stereocenters. The van der Waals surface area contributed by atoms with Gasteiger partial charge in [0.15, 0.2) is 0 Å². The highest BCUT2D eigenvalue weighted by atomic mass is 16.6. The first kappa shape index (κ1) is 12.1. The zero-order valence-corrected chi connectivity index (χ0v) is 9.57. The zero-order chi connectivity index (χ0) is 12.2. The van der Waals surface area contributed by atoms with E-state index in [1.54, 1.807) is 32.9 Å². The van der Waals surface area contributed by atoms with Gasteiger partial charge in [0.25, 0.3) is 0 Å². The van der Waals surface area contributed by atoms with E-state index < -0.39 is 11.6 Å². The molecule has 84 valence electrons. The molecule has 0 amide bonds. The van der Waals surface area contributed by atoms with Crippen LogP contribution in [-0.2, 0) is 9.53 Å². The van der Waals surface area contributed by atoms with Gasteiger partial charge in [-0.15, -0.1) is 0 Å². The fraction of sp³-hybridized carbons (Fsp3) is 0.308. The monoisotopic (exact) mass is 218 g/mol. The van der Waals surface area contributed by atoms with Crippen molar-refractivity contribution >= 4 is 5.97 Å². The maximum Gasteiger partial charge on any atom is 0.385 e. The van der Waals surface area contributed by atoms with Crippen molar-refractivity contribution in [2.45, 2.75) is 26.4 Å². The molecule has 0 fully saturated rings. The number of ether oxygens (including phenoxy) is 1. The normalized spacial score (nSPS) is 10.2. The summed E-state index contributed by atoms with van der Waals surface area (Å²) < 4.78 is 5.02. The van der Waals surface area contributed by atoms with Crippen molar-refractivity contribution in [3.8, 4) is 17.6 Å². The van der Waals surface area contributed by atoms with Gasteiger partial charge in [0, 0.05) is 11.5 Å². The molecule has 0 aromatic heterocycles. The molecule has 0 aliphatic rings. The minimum atomic E-state index is -0.555. The summed E-state index contributed by atoms with van der Waals surface area (Å²) in [5.41, 5.74) is 0.129. The predicted molar refractivity (Wildman–Crippen MR) is 60.8 cm³/mol. The second kappa shape index (κ2) is 4.71. The lowest BCUT2D eigenvalue weighted by Gasteiger charge is -2.16. The van der Waals surface area contributed by atoms with Crippen molar-refractivity contribution in [1.82, 2.24) is 0 Å². The molecule has 1 aromatic rings. The van der Waals surface area contributed by atoms with Crippen LogP contribution in [0.2, 0.25) is 0 Å². The average Bonchev–Trinajstić information content (AvgIpc) is 2.14. The van der Waals surface area contributed by atoms with Gasteiger partial charge in [-0.2, -0.15) is 0 Å². The van der Waals surface area contributed by atoms with Crippen LogP contribution in [0.5, 0.6) is 5.75 Å². The SMILES string of the molecule is CC(C)(C)OC(=O)C#Cc1ccc(O)cc1. The molecular weight excluding hydrogens is 204 g/mol. The van der Waals surface area contributed by atoms with Gasteiger partial charge in [-0.05, 0) is 45.0 Å². The Hall–Kier alpha value is -1.95. The Kier molecular flexibility index (Phi) is 3.57. The Balaban J connectivity index is 2.68. The van der Waals surface area contributed by atoms with E-state index in [9.17, 15) is 4.79 Å². The number of carbonyl (C=O) groups excluding carboxylic acids is 1. The van der Waals surface area contributed by atoms with E-state index in [-0.39, 0.29) is 5.75 Å². The third-order valence-electron chi connectivity index (χ3n) is 1.58. The average molecular weight is 218 g/mol. The predicted octanol–water partition coefficient (Wildman–Crippen LogP) is 2.09. The number of phenols is 1. The largest absolute Gasteiger partial charge is 0.508 e. The fourth-order valence-corrected chi connectivity index (χ4v) is 0.972. The van der Waals surface area contributed by atoms with E-state index in [0.29, 0.717) is 5.56 Å². The summed E-state index contributed by atoms with van der Waals surface area (Å²) in [6.45, 7) is 5.35. The Morgan fingerprint density at radius 2 is 1.81 bits per heavy atom. The second-order valence-electron chi connectivity index (χ2n) is 4.30. The zero-order valence-electron chi connectivity index (χ0n) is 9.57. The lowest BCUT2D eigenvalue weighted by atomic mass is 10.2. The molecule has 0 saturated heterocycles. The smallest absolute Gasteiger partial charge is 0.385 e. The van der Waals surface area contributed by atoms with Gasteiger partial charge in [0.05, 0.1) is 0 Å². The molecule has 0 spiro atoms. The lowest BCUT2D eigenvalue weighted by molar-refractivity contribution is -0.147. The van der Waals surface area contributed by atoms with Crippen LogP contribution < -0.4 is 0 Å². The van der Waals surface area contributed by atoms with Gasteiger partial charge < -0.3 is 9.84 Å². The molecular formula is C13H14O3. The first-order chi connectivity index (χ1) is 7.37. The molecule has 0 bridgehead atoms. The van der Waals surface area contributed by atoms with Crippen LogP contribution in [0.4, 0.5) is 0 Å². The van der Waals surface area contributed by atoms with Gasteiger partial charge in [-0.3, -0.25) is 0 Å². The van der Waals surface area contributed by atoms with E-state index in [1.807, 2.05) is 0 Å². The standard InChI is InChI=1S/C13H14O3/c1-13(2,3)16-12(15)9-6-10-4-7-11(14)8-5-10/h4-5,7-8,14H,1-3H3. The van der Waals surface area contributed by atoms with Crippen LogP contribution in [0, 0.1) is 11.8 Å². The third kappa shape index (κ3) is 4.52. The highest BCUT2D eigenvalue weighted by Crippen LogP contribution is 2.09. The van der Waals surface area contributed by atoms with E-state index in [4.69, 9.17) is 9.84 Å². The van der Waals surface area contributed by atoms with E-state index in [1.165, 1.54) is 12.1 Å². The minimum Gasteiger partial charge on any atom is -0.508 e. The summed E-state index contributed by atoms with van der Waals surface area (Å²) in [6.07, 6.45) is 0. The lowest BCUT2D eigenvalue weighted by Crippen LogP contribution is -2.22. The molecule has 0 aliphatic heterocycles. The Bertz CT molecular complexity index is 427. The van der Waals surface area contributed by atoms with Crippen LogP contribution >= 0.6 is 0 Å². The van der Waals surface area contributed by atoms with Crippen LogP contribution in [0.3, 0.4) is 0 Å². The first-order valence-electron chi connectivity index (χ1n) is 4.91. The molecule has 1 rings (SSSR count). The number of phenolic OH excluding ortho intramolecular Hbond substituents is 1. The third-order valence-corrected chi connectivity index (χ3v) is 1.58. The molecule has 3 heteroatoms. The van der Waals surface area contributed by atoms with Gasteiger partial charge >= 0.3 is 5.97 Å². The Labute approximate surface area is 95.1 Å². The molecule has 1 N–H and O–H groups in total. The first-order valence-corrected chi connectivity index (χ1v) is 4.91. The maximum atomic E-state index is 11.3. The molecule has 0 heterocycles. The van der Waals surface area contributed by atoms with Gasteiger partial charge in [-0.25, -0.2) is 4.79 Å². The summed E-state index contributed by atoms with van der Waals surface area (Å²) in [5.74, 6) is 4.65. The molecule has 1 aromatic carbocycles. The van der Waals surface area contributed by atoms with Gasteiger partial charge in [0.2, 0.25) is 0 Å². The van der Waals surface area contributed by atoms with Crippen molar-refractivity contribution < 1.29 is 14.6 Å². The highest BCUT2D eigenvalue weighted by molar-refractivity contribution is 5.89. The molecule has 16 heavy (non-hydrogen) atoms. The molecule has 0 atom stereocenters. The summed E-state index contributed by atoms with van der Waals surface area (Å²) in [6, 6.07) is 6.29. The number of esters is 1. The van der Waals surface area contributed by atoms with Crippen molar-refractivity contribution in [1.29, 1.82) is 0 Å². The van der Waals surface area contributed by atoms with Gasteiger partial charge in [0.1, 0.15) is 11.4 Å². The van der Waals surface area contributed by atoms with E-state index in [0.717, 1.165) is 0 Å². The number of benzene rings is 1. The van der Waals surface area contributed by atoms with Crippen molar-refractivity contribution in [3.05, 3.63) is 29.8 Å². The topological polar surface area (TPSA) is 46.5 Å². The van der Waals surface area contributed by atoms with Gasteiger partial charge in [-0.1, -0.05) is 5.92 Å². The minimum absolute atomic E-state index is 0.169. The Morgan fingerprint density at radius 1 is 1.25 bits per heavy atom. The molecule has 0 radical (unpaired) electrons. The van der Waals surface area contributed by atoms with E-state index >= 15 is 0 Å². The van der Waals surface area contributed by atoms with E-state index in [2.05, 4.69) is 11.8 Å². The number of hydrogen-bond donors (Lipinski definition) is 1. The van der Waals surface area contributed by atoms with Crippen molar-refractivity contribution in [2.24, 2.45) is 0 Å². The summed E-state index contributed by atoms with van der Waals surface area (Å²) in [5, 5.41) is 9.05. The van der Waals surface area contributed by atoms with Crippen molar-refractivity contribution in [2.75, 3.05) is 0 Å². The summed E-state index contributed by atoms with van der Waals surface area (Å²) in [7, 11) is 0. The number of carbonyl (C=O) groups is 1. The number of rotatable bonds is 0. The highest BCUT2D eigenvalue weighted by Gasteiger charge is 2.13. The second-order valence-corrected chi connectivity index (χ2v) is 4.30. The van der Waals surface area contributed by atoms with Crippen LogP contribution in [-0.4, -0.2) is 16.7 Å². The maximum absolute atomic E-state index is 11.3. The fourth-order valence-electron chi connectivity index (χ4n) is 0.972. The van der Waals surface area contributed by atoms with Crippen LogP contribution in [0.25, 0.3) is 0 Å². The number of aromatic hydroxyl groups is 1. The quantitative estimate of drug-likeness (QED) is 0.535. The molecule has 3 nitrogen and oxygen atoms in total.